The van der Waals surface area contributed by atoms with Crippen molar-refractivity contribution in [3.8, 4) is 0 Å². The first-order valence-electron chi connectivity index (χ1n) is 10.3. The highest BCUT2D eigenvalue weighted by molar-refractivity contribution is 7.80. The van der Waals surface area contributed by atoms with Crippen LogP contribution >= 0.6 is 12.2 Å². The number of benzene rings is 2. The summed E-state index contributed by atoms with van der Waals surface area (Å²) in [5, 5.41) is 5.27. The molecule has 8 heteroatoms. The standard InChI is InChI=1S/C24H30N4O3S/c1-15-6-7-16(2)19(14-15)25-20(29)12-13-21(30)27-28-23(32)26-22(31)17-8-10-18(11-9-17)24(3,4)5/h6-11,14H,12-13H2,1-5H3,(H,25,29)(H,27,30)(H2,26,28,31,32). The maximum absolute atomic E-state index is 12.3. The Bertz CT molecular complexity index is 1010. The zero-order valence-electron chi connectivity index (χ0n) is 19.1. The van der Waals surface area contributed by atoms with Crippen LogP contribution in [0.4, 0.5) is 5.69 Å². The second kappa shape index (κ2) is 10.9. The Labute approximate surface area is 194 Å². The molecule has 0 radical (unpaired) electrons. The van der Waals surface area contributed by atoms with E-state index in [2.05, 4.69) is 42.3 Å². The normalized spacial score (nSPS) is 10.8. The fraction of sp³-hybridized carbons (Fsp3) is 0.333. The van der Waals surface area contributed by atoms with E-state index in [1.165, 1.54) is 0 Å². The van der Waals surface area contributed by atoms with Crippen LogP contribution in [0, 0.1) is 13.8 Å². The first-order chi connectivity index (χ1) is 15.0. The number of hydrogen-bond acceptors (Lipinski definition) is 4. The third kappa shape index (κ3) is 7.77. The van der Waals surface area contributed by atoms with E-state index in [0.717, 1.165) is 22.4 Å². The number of aryl methyl sites for hydroxylation is 2. The lowest BCUT2D eigenvalue weighted by Gasteiger charge is -2.19. The van der Waals surface area contributed by atoms with Gasteiger partial charge in [0, 0.05) is 24.1 Å². The molecule has 0 spiro atoms. The number of rotatable bonds is 5. The maximum atomic E-state index is 12.3. The third-order valence-corrected chi connectivity index (χ3v) is 5.01. The summed E-state index contributed by atoms with van der Waals surface area (Å²) in [7, 11) is 0. The number of hydrazine groups is 1. The Hall–Kier alpha value is -3.26. The summed E-state index contributed by atoms with van der Waals surface area (Å²) in [6, 6.07) is 13.0. The van der Waals surface area contributed by atoms with Gasteiger partial charge in [-0.1, -0.05) is 45.0 Å². The van der Waals surface area contributed by atoms with E-state index < -0.39 is 5.91 Å². The number of hydrogen-bond donors (Lipinski definition) is 4. The average Bonchev–Trinajstić information content (AvgIpc) is 2.72. The van der Waals surface area contributed by atoms with E-state index in [9.17, 15) is 14.4 Å². The van der Waals surface area contributed by atoms with E-state index in [0.29, 0.717) is 5.56 Å². The van der Waals surface area contributed by atoms with Gasteiger partial charge in [0.1, 0.15) is 0 Å². The molecule has 0 bridgehead atoms. The Balaban J connectivity index is 1.74. The van der Waals surface area contributed by atoms with Gasteiger partial charge in [0.05, 0.1) is 0 Å². The van der Waals surface area contributed by atoms with Crippen LogP contribution in [0.1, 0.15) is 60.7 Å². The fourth-order valence-corrected chi connectivity index (χ4v) is 2.97. The number of carbonyl (C=O) groups excluding carboxylic acids is 3. The van der Waals surface area contributed by atoms with Crippen LogP contribution in [-0.4, -0.2) is 22.8 Å². The zero-order valence-corrected chi connectivity index (χ0v) is 19.9. The molecule has 0 aliphatic carbocycles. The first-order valence-corrected chi connectivity index (χ1v) is 10.7. The van der Waals surface area contributed by atoms with E-state index in [4.69, 9.17) is 12.2 Å². The molecule has 2 aromatic carbocycles. The van der Waals surface area contributed by atoms with E-state index in [1.54, 1.807) is 12.1 Å². The average molecular weight is 455 g/mol. The first kappa shape index (κ1) is 25.0. The van der Waals surface area contributed by atoms with Gasteiger partial charge >= 0.3 is 0 Å². The van der Waals surface area contributed by atoms with Crippen LogP contribution < -0.4 is 21.5 Å². The van der Waals surface area contributed by atoms with Crippen LogP contribution in [0.3, 0.4) is 0 Å². The van der Waals surface area contributed by atoms with Crippen molar-refractivity contribution >= 4 is 40.7 Å². The second-order valence-electron chi connectivity index (χ2n) is 8.65. The molecule has 0 atom stereocenters. The number of amides is 3. The van der Waals surface area contributed by atoms with Crippen molar-refractivity contribution < 1.29 is 14.4 Å². The molecule has 0 saturated heterocycles. The van der Waals surface area contributed by atoms with Crippen LogP contribution in [0.5, 0.6) is 0 Å². The molecule has 32 heavy (non-hydrogen) atoms. The molecular formula is C24H30N4O3S. The summed E-state index contributed by atoms with van der Waals surface area (Å²) < 4.78 is 0. The van der Waals surface area contributed by atoms with E-state index in [1.807, 2.05) is 44.2 Å². The lowest BCUT2D eigenvalue weighted by molar-refractivity contribution is -0.124. The lowest BCUT2D eigenvalue weighted by Crippen LogP contribution is -2.48. The van der Waals surface area contributed by atoms with Crippen LogP contribution in [0.2, 0.25) is 0 Å². The highest BCUT2D eigenvalue weighted by Gasteiger charge is 2.15. The number of nitrogens with one attached hydrogen (secondary N) is 4. The van der Waals surface area contributed by atoms with Crippen molar-refractivity contribution in [2.75, 3.05) is 5.32 Å². The lowest BCUT2D eigenvalue weighted by atomic mass is 9.87. The van der Waals surface area contributed by atoms with Crippen LogP contribution in [0.15, 0.2) is 42.5 Å². The number of carbonyl (C=O) groups is 3. The molecule has 0 aliphatic heterocycles. The summed E-state index contributed by atoms with van der Waals surface area (Å²) >= 11 is 5.05. The van der Waals surface area contributed by atoms with Gasteiger partial charge in [-0.25, -0.2) is 0 Å². The highest BCUT2D eigenvalue weighted by Crippen LogP contribution is 2.22. The topological polar surface area (TPSA) is 99.3 Å². The molecule has 0 saturated carbocycles. The SMILES string of the molecule is Cc1ccc(C)c(NC(=O)CCC(=O)NNC(=S)NC(=O)c2ccc(C(C)(C)C)cc2)c1. The molecule has 0 fully saturated rings. The zero-order chi connectivity index (χ0) is 23.9. The summed E-state index contributed by atoms with van der Waals surface area (Å²) in [6.07, 6.45) is -0.0192. The van der Waals surface area contributed by atoms with Gasteiger partial charge < -0.3 is 5.32 Å². The molecule has 170 valence electrons. The molecule has 7 nitrogen and oxygen atoms in total. The van der Waals surface area contributed by atoms with Crippen molar-refractivity contribution in [2.24, 2.45) is 0 Å². The van der Waals surface area contributed by atoms with Gasteiger partial charge in [0.15, 0.2) is 5.11 Å². The quantitative estimate of drug-likeness (QED) is 0.408. The molecule has 0 unspecified atom stereocenters. The van der Waals surface area contributed by atoms with Gasteiger partial charge in [-0.3, -0.25) is 30.6 Å². The molecule has 4 N–H and O–H groups in total. The van der Waals surface area contributed by atoms with Gasteiger partial charge in [-0.15, -0.1) is 0 Å². The second-order valence-corrected chi connectivity index (χ2v) is 9.06. The highest BCUT2D eigenvalue weighted by atomic mass is 32.1. The van der Waals surface area contributed by atoms with E-state index in [-0.39, 0.29) is 35.2 Å². The summed E-state index contributed by atoms with van der Waals surface area (Å²) in [6.45, 7) is 10.1. The van der Waals surface area contributed by atoms with Crippen LogP contribution in [-0.2, 0) is 15.0 Å². The largest absolute Gasteiger partial charge is 0.326 e. The summed E-state index contributed by atoms with van der Waals surface area (Å²) in [5.74, 6) is -1.07. The van der Waals surface area contributed by atoms with Crippen LogP contribution in [0.25, 0.3) is 0 Å². The molecular weight excluding hydrogens is 424 g/mol. The predicted octanol–water partition coefficient (Wildman–Crippen LogP) is 3.66. The minimum Gasteiger partial charge on any atom is -0.326 e. The minimum atomic E-state index is -0.424. The monoisotopic (exact) mass is 454 g/mol. The van der Waals surface area contributed by atoms with Gasteiger partial charge in [-0.2, -0.15) is 0 Å². The maximum Gasteiger partial charge on any atom is 0.257 e. The molecule has 0 aromatic heterocycles. The van der Waals surface area contributed by atoms with Gasteiger partial charge in [0.25, 0.3) is 5.91 Å². The summed E-state index contributed by atoms with van der Waals surface area (Å²) in [5.41, 5.74) is 9.14. The van der Waals surface area contributed by atoms with Crippen molar-refractivity contribution in [3.63, 3.8) is 0 Å². The van der Waals surface area contributed by atoms with Crippen molar-refractivity contribution in [1.29, 1.82) is 0 Å². The molecule has 0 aliphatic rings. The molecule has 2 rings (SSSR count). The Kier molecular flexibility index (Phi) is 8.48. The van der Waals surface area contributed by atoms with Gasteiger partial charge in [-0.05, 0) is 66.4 Å². The smallest absolute Gasteiger partial charge is 0.257 e. The van der Waals surface area contributed by atoms with E-state index >= 15 is 0 Å². The third-order valence-electron chi connectivity index (χ3n) is 4.80. The molecule has 2 aromatic rings. The Morgan fingerprint density at radius 3 is 2.12 bits per heavy atom. The fourth-order valence-electron chi connectivity index (χ4n) is 2.83. The minimum absolute atomic E-state index is 0.00802. The predicted molar refractivity (Wildman–Crippen MR) is 130 cm³/mol. The summed E-state index contributed by atoms with van der Waals surface area (Å²) in [4.78, 5) is 36.4. The Morgan fingerprint density at radius 2 is 1.50 bits per heavy atom. The number of anilines is 1. The molecule has 0 heterocycles. The Morgan fingerprint density at radius 1 is 0.875 bits per heavy atom. The van der Waals surface area contributed by atoms with Gasteiger partial charge in [0.2, 0.25) is 11.8 Å². The molecule has 3 amide bonds. The van der Waals surface area contributed by atoms with Crippen molar-refractivity contribution in [3.05, 3.63) is 64.7 Å². The number of thiocarbonyl (C=S) groups is 1. The van der Waals surface area contributed by atoms with Crippen molar-refractivity contribution in [1.82, 2.24) is 16.2 Å². The van der Waals surface area contributed by atoms with Crippen molar-refractivity contribution in [2.45, 2.75) is 52.9 Å².